The molecule has 1 saturated heterocycles. The lowest BCUT2D eigenvalue weighted by Crippen LogP contribution is -2.52. The summed E-state index contributed by atoms with van der Waals surface area (Å²) in [6, 6.07) is 9.71. The number of hydrogen-bond acceptors (Lipinski definition) is 8. The van der Waals surface area contributed by atoms with Crippen LogP contribution in [0.15, 0.2) is 48.1 Å². The first-order valence-corrected chi connectivity index (χ1v) is 13.2. The molecule has 0 aliphatic carbocycles. The third-order valence-corrected chi connectivity index (χ3v) is 7.50. The third-order valence-electron chi connectivity index (χ3n) is 6.61. The smallest absolute Gasteiger partial charge is 0.251 e. The molecule has 0 spiro atoms. The van der Waals surface area contributed by atoms with E-state index < -0.39 is 0 Å². The topological polar surface area (TPSA) is 87.9 Å². The molecular formula is C26H31N7O2S. The molecule has 0 aromatic carbocycles. The van der Waals surface area contributed by atoms with Gasteiger partial charge in [0.25, 0.3) is 5.91 Å². The zero-order valence-electron chi connectivity index (χ0n) is 20.8. The van der Waals surface area contributed by atoms with Crippen LogP contribution in [0, 0.1) is 0 Å². The second-order valence-corrected chi connectivity index (χ2v) is 9.71. The highest BCUT2D eigenvalue weighted by Crippen LogP contribution is 2.30. The number of anilines is 1. The highest BCUT2D eigenvalue weighted by molar-refractivity contribution is 7.13. The highest BCUT2D eigenvalue weighted by Gasteiger charge is 2.29. The Kier molecular flexibility index (Phi) is 7.26. The Morgan fingerprint density at radius 2 is 2.03 bits per heavy atom. The highest BCUT2D eigenvalue weighted by atomic mass is 32.1. The first-order chi connectivity index (χ1) is 17.6. The number of carbonyl (C=O) groups is 1. The number of nitrogens with one attached hydrogen (secondary N) is 1. The van der Waals surface area contributed by atoms with Gasteiger partial charge in [0, 0.05) is 45.0 Å². The Hall–Kier alpha value is -3.34. The van der Waals surface area contributed by atoms with Crippen molar-refractivity contribution in [1.29, 1.82) is 0 Å². The van der Waals surface area contributed by atoms with Gasteiger partial charge in [-0.25, -0.2) is 14.5 Å². The number of methoxy groups -OCH3 is 1. The summed E-state index contributed by atoms with van der Waals surface area (Å²) < 4.78 is 7.19. The van der Waals surface area contributed by atoms with Crippen molar-refractivity contribution < 1.29 is 9.53 Å². The Morgan fingerprint density at radius 3 is 2.75 bits per heavy atom. The lowest BCUT2D eigenvalue weighted by atomic mass is 10.1. The van der Waals surface area contributed by atoms with Crippen LogP contribution in [0.4, 0.5) is 5.82 Å². The van der Waals surface area contributed by atoms with Crippen molar-refractivity contribution in [3.05, 3.63) is 53.7 Å². The zero-order chi connectivity index (χ0) is 25.1. The maximum absolute atomic E-state index is 13.2. The van der Waals surface area contributed by atoms with Crippen molar-refractivity contribution >= 4 is 28.7 Å². The van der Waals surface area contributed by atoms with Crippen LogP contribution in [0.2, 0.25) is 0 Å². The molecule has 36 heavy (non-hydrogen) atoms. The summed E-state index contributed by atoms with van der Waals surface area (Å²) in [5.74, 6) is 0.642. The molecule has 0 bridgehead atoms. The maximum Gasteiger partial charge on any atom is 0.251 e. The van der Waals surface area contributed by atoms with E-state index in [0.29, 0.717) is 23.4 Å². The Balaban J connectivity index is 1.48. The van der Waals surface area contributed by atoms with E-state index >= 15 is 0 Å². The minimum atomic E-state index is -0.112. The number of likely N-dealkylation sites (N-methyl/N-ethyl adjacent to an activating group) is 1. The Labute approximate surface area is 214 Å². The molecule has 10 heteroatoms. The first kappa shape index (κ1) is 24.4. The van der Waals surface area contributed by atoms with Crippen LogP contribution in [-0.4, -0.2) is 82.9 Å². The quantitative estimate of drug-likeness (QED) is 0.353. The molecule has 1 aliphatic heterocycles. The third kappa shape index (κ3) is 4.97. The molecule has 0 saturated carbocycles. The number of pyridine rings is 1. The van der Waals surface area contributed by atoms with Crippen LogP contribution in [-0.2, 0) is 4.74 Å². The predicted molar refractivity (Wildman–Crippen MR) is 143 cm³/mol. The summed E-state index contributed by atoms with van der Waals surface area (Å²) in [6.45, 7) is 9.06. The summed E-state index contributed by atoms with van der Waals surface area (Å²) in [7, 11) is 1.72. The summed E-state index contributed by atoms with van der Waals surface area (Å²) in [5.41, 5.74) is 3.63. The van der Waals surface area contributed by atoms with Gasteiger partial charge in [-0.05, 0) is 42.7 Å². The number of nitrogens with zero attached hydrogens (tertiary/aromatic N) is 6. The molecule has 188 valence electrons. The predicted octanol–water partition coefficient (Wildman–Crippen LogP) is 3.43. The van der Waals surface area contributed by atoms with Crippen molar-refractivity contribution in [2.75, 3.05) is 51.3 Å². The van der Waals surface area contributed by atoms with Crippen molar-refractivity contribution in [2.24, 2.45) is 0 Å². The molecule has 9 nitrogen and oxygen atoms in total. The number of amides is 1. The molecule has 0 unspecified atom stereocenters. The molecule has 4 aromatic rings. The average molecular weight is 506 g/mol. The van der Waals surface area contributed by atoms with E-state index in [9.17, 15) is 4.79 Å². The SMILES string of the molecule is CCN(CC)CCNC(=O)c1cc(-c2cnn3ccc(-c4cccs4)nc23)nc(N2CC(OC)C2)c1. The van der Waals surface area contributed by atoms with Crippen molar-refractivity contribution in [2.45, 2.75) is 20.0 Å². The molecule has 0 atom stereocenters. The molecule has 1 amide bonds. The van der Waals surface area contributed by atoms with Gasteiger partial charge in [-0.3, -0.25) is 4.79 Å². The van der Waals surface area contributed by atoms with Crippen LogP contribution >= 0.6 is 11.3 Å². The fourth-order valence-electron chi connectivity index (χ4n) is 4.30. The molecule has 4 aromatic heterocycles. The molecule has 1 fully saturated rings. The van der Waals surface area contributed by atoms with Crippen LogP contribution in [0.5, 0.6) is 0 Å². The second-order valence-electron chi connectivity index (χ2n) is 8.76. The fraction of sp³-hybridized carbons (Fsp3) is 0.385. The van der Waals surface area contributed by atoms with Crippen molar-refractivity contribution in [3.63, 3.8) is 0 Å². The van der Waals surface area contributed by atoms with E-state index in [4.69, 9.17) is 14.7 Å². The van der Waals surface area contributed by atoms with Crippen molar-refractivity contribution in [1.82, 2.24) is 29.8 Å². The van der Waals surface area contributed by atoms with Crippen LogP contribution in [0.1, 0.15) is 24.2 Å². The monoisotopic (exact) mass is 505 g/mol. The molecule has 1 aliphatic rings. The first-order valence-electron chi connectivity index (χ1n) is 12.3. The zero-order valence-corrected chi connectivity index (χ0v) is 21.7. The number of hydrogen-bond donors (Lipinski definition) is 1. The van der Waals surface area contributed by atoms with E-state index in [2.05, 4.69) is 40.1 Å². The van der Waals surface area contributed by atoms with Gasteiger partial charge in [-0.15, -0.1) is 11.3 Å². The standard InChI is InChI=1S/C26H31N7O2S/c1-4-31(5-2)11-9-27-26(34)18-13-22(29-24(14-18)32-16-19(17-32)35-3)20-15-28-33-10-8-21(30-25(20)33)23-7-6-12-36-23/h6-8,10,12-15,19H,4-5,9,11,16-17H2,1-3H3,(H,27,34). The fourth-order valence-corrected chi connectivity index (χ4v) is 5.00. The van der Waals surface area contributed by atoms with Gasteiger partial charge in [0.2, 0.25) is 0 Å². The van der Waals surface area contributed by atoms with Gasteiger partial charge in [-0.2, -0.15) is 5.10 Å². The molecule has 0 radical (unpaired) electrons. The summed E-state index contributed by atoms with van der Waals surface area (Å²) in [4.78, 5) is 28.5. The minimum absolute atomic E-state index is 0.112. The van der Waals surface area contributed by atoms with E-state index in [0.717, 1.165) is 54.7 Å². The van der Waals surface area contributed by atoms with Crippen LogP contribution in [0.3, 0.4) is 0 Å². The van der Waals surface area contributed by atoms with E-state index in [-0.39, 0.29) is 12.0 Å². The number of rotatable bonds is 10. The molecule has 5 heterocycles. The number of thiophene rings is 1. The summed E-state index contributed by atoms with van der Waals surface area (Å²) in [5, 5.41) is 9.60. The molecular weight excluding hydrogens is 474 g/mol. The van der Waals surface area contributed by atoms with E-state index in [1.165, 1.54) is 0 Å². The normalized spacial score (nSPS) is 13.9. The van der Waals surface area contributed by atoms with Gasteiger partial charge in [0.15, 0.2) is 5.65 Å². The number of carbonyl (C=O) groups excluding carboxylic acids is 1. The van der Waals surface area contributed by atoms with Gasteiger partial charge in [0.1, 0.15) is 5.82 Å². The molecule has 5 rings (SSSR count). The average Bonchev–Trinajstić information content (AvgIpc) is 3.56. The van der Waals surface area contributed by atoms with Crippen LogP contribution < -0.4 is 10.2 Å². The van der Waals surface area contributed by atoms with Gasteiger partial charge < -0.3 is 19.9 Å². The Bertz CT molecular complexity index is 1330. The number of fused-ring (bicyclic) bond motifs is 1. The number of aromatic nitrogens is 4. The summed E-state index contributed by atoms with van der Waals surface area (Å²) >= 11 is 1.64. The van der Waals surface area contributed by atoms with Gasteiger partial charge in [0.05, 0.1) is 34.1 Å². The van der Waals surface area contributed by atoms with Crippen LogP contribution in [0.25, 0.3) is 27.5 Å². The minimum Gasteiger partial charge on any atom is -0.378 e. The van der Waals surface area contributed by atoms with Gasteiger partial charge >= 0.3 is 0 Å². The lowest BCUT2D eigenvalue weighted by Gasteiger charge is -2.39. The number of ether oxygens (including phenoxy) is 1. The largest absolute Gasteiger partial charge is 0.378 e. The van der Waals surface area contributed by atoms with E-state index in [1.807, 2.05) is 35.8 Å². The maximum atomic E-state index is 13.2. The lowest BCUT2D eigenvalue weighted by molar-refractivity contribution is 0.0783. The summed E-state index contributed by atoms with van der Waals surface area (Å²) in [6.07, 6.45) is 3.85. The van der Waals surface area contributed by atoms with E-state index in [1.54, 1.807) is 29.2 Å². The van der Waals surface area contributed by atoms with Crippen molar-refractivity contribution in [3.8, 4) is 21.8 Å². The van der Waals surface area contributed by atoms with Gasteiger partial charge in [-0.1, -0.05) is 19.9 Å². The molecule has 1 N–H and O–H groups in total. The Morgan fingerprint density at radius 1 is 1.19 bits per heavy atom. The second kappa shape index (κ2) is 10.7.